The van der Waals surface area contributed by atoms with E-state index in [0.29, 0.717) is 17.8 Å². The number of carbonyl (C=O) groups excluding carboxylic acids is 1. The van der Waals surface area contributed by atoms with Gasteiger partial charge in [0.15, 0.2) is 5.65 Å². The number of carbonyl (C=O) groups is 1. The number of hydrogen-bond acceptors (Lipinski definition) is 4. The number of hydrogen-bond donors (Lipinski definition) is 1. The molecule has 1 aromatic carbocycles. The lowest BCUT2D eigenvalue weighted by Crippen LogP contribution is -2.39. The lowest BCUT2D eigenvalue weighted by atomic mass is 10.0. The molecule has 1 N–H and O–H groups in total. The van der Waals surface area contributed by atoms with Gasteiger partial charge < -0.3 is 9.88 Å². The monoisotopic (exact) mass is 346 g/mol. The molecule has 130 valence electrons. The topological polar surface area (TPSA) is 79.2 Å². The van der Waals surface area contributed by atoms with E-state index in [9.17, 15) is 4.79 Å². The third-order valence-electron chi connectivity index (χ3n) is 5.00. The lowest BCUT2D eigenvalue weighted by molar-refractivity contribution is 0.0603. The molecule has 4 aromatic rings. The second-order valence-corrected chi connectivity index (χ2v) is 6.60. The quantitative estimate of drug-likeness (QED) is 0.605. The van der Waals surface area contributed by atoms with E-state index in [1.807, 2.05) is 29.2 Å². The van der Waals surface area contributed by atoms with Gasteiger partial charge in [0.05, 0.1) is 23.3 Å². The summed E-state index contributed by atoms with van der Waals surface area (Å²) in [6.45, 7) is 0.713. The summed E-state index contributed by atoms with van der Waals surface area (Å²) < 4.78 is 1.63. The van der Waals surface area contributed by atoms with Crippen molar-refractivity contribution in [3.63, 3.8) is 0 Å². The number of amides is 1. The van der Waals surface area contributed by atoms with Crippen LogP contribution in [0.3, 0.4) is 0 Å². The number of likely N-dealkylation sites (tertiary alicyclic amines) is 1. The predicted octanol–water partition coefficient (Wildman–Crippen LogP) is 2.97. The minimum atomic E-state index is -0.0534. The van der Waals surface area contributed by atoms with Gasteiger partial charge in [-0.2, -0.15) is 5.10 Å². The van der Waals surface area contributed by atoms with Crippen molar-refractivity contribution in [1.82, 2.24) is 29.5 Å². The number of H-pyrrole nitrogens is 1. The molecule has 1 aliphatic heterocycles. The maximum atomic E-state index is 13.3. The van der Waals surface area contributed by atoms with Crippen LogP contribution in [0, 0.1) is 0 Å². The first kappa shape index (κ1) is 15.1. The molecule has 1 atom stereocenters. The van der Waals surface area contributed by atoms with Gasteiger partial charge in [-0.1, -0.05) is 12.1 Å². The minimum Gasteiger partial charge on any atom is -0.340 e. The number of aromatic amines is 1. The number of nitrogens with zero attached hydrogens (tertiary/aromatic N) is 5. The van der Waals surface area contributed by atoms with Gasteiger partial charge in [0.25, 0.3) is 5.91 Å². The smallest absolute Gasteiger partial charge is 0.259 e. The van der Waals surface area contributed by atoms with E-state index < -0.39 is 0 Å². The van der Waals surface area contributed by atoms with E-state index in [1.165, 1.54) is 0 Å². The minimum absolute atomic E-state index is 0.0381. The number of piperidine rings is 1. The standard InChI is InChI=1S/C19H18N6O/c26-19(13-12-21-25-11-5-9-20-18(13)25)24-10-4-3-8-16(24)17-22-14-6-1-2-7-15(14)23-17/h1-2,5-7,9,11-12,16H,3-4,8,10H2,(H,22,23). The van der Waals surface area contributed by atoms with E-state index in [4.69, 9.17) is 4.98 Å². The Balaban J connectivity index is 1.54. The van der Waals surface area contributed by atoms with Crippen LogP contribution < -0.4 is 0 Å². The molecule has 1 amide bonds. The molecule has 7 heteroatoms. The highest BCUT2D eigenvalue weighted by Gasteiger charge is 2.32. The second-order valence-electron chi connectivity index (χ2n) is 6.60. The Kier molecular flexibility index (Phi) is 3.44. The molecule has 7 nitrogen and oxygen atoms in total. The van der Waals surface area contributed by atoms with Gasteiger partial charge in [0.2, 0.25) is 0 Å². The number of aromatic nitrogens is 5. The summed E-state index contributed by atoms with van der Waals surface area (Å²) in [5, 5.41) is 4.25. The maximum Gasteiger partial charge on any atom is 0.259 e. The fourth-order valence-corrected chi connectivity index (χ4v) is 3.72. The first-order valence-electron chi connectivity index (χ1n) is 8.85. The fourth-order valence-electron chi connectivity index (χ4n) is 3.72. The third-order valence-corrected chi connectivity index (χ3v) is 5.00. The molecule has 3 aromatic heterocycles. The summed E-state index contributed by atoms with van der Waals surface area (Å²) in [7, 11) is 0. The van der Waals surface area contributed by atoms with Crippen LogP contribution in [0.5, 0.6) is 0 Å². The largest absolute Gasteiger partial charge is 0.340 e. The van der Waals surface area contributed by atoms with Crippen LogP contribution in [0.15, 0.2) is 48.9 Å². The van der Waals surface area contributed by atoms with E-state index >= 15 is 0 Å². The zero-order valence-electron chi connectivity index (χ0n) is 14.2. The van der Waals surface area contributed by atoms with Gasteiger partial charge in [0, 0.05) is 18.9 Å². The molecule has 0 bridgehead atoms. The van der Waals surface area contributed by atoms with Crippen molar-refractivity contribution in [3.05, 3.63) is 60.3 Å². The number of benzene rings is 1. The van der Waals surface area contributed by atoms with Crippen molar-refractivity contribution in [2.24, 2.45) is 0 Å². The average Bonchev–Trinajstić information content (AvgIpc) is 3.31. The lowest BCUT2D eigenvalue weighted by Gasteiger charge is -2.34. The summed E-state index contributed by atoms with van der Waals surface area (Å²) >= 11 is 0. The van der Waals surface area contributed by atoms with E-state index in [-0.39, 0.29) is 11.9 Å². The average molecular weight is 346 g/mol. The summed E-state index contributed by atoms with van der Waals surface area (Å²) in [4.78, 5) is 27.6. The predicted molar refractivity (Wildman–Crippen MR) is 96.7 cm³/mol. The molecule has 1 saturated heterocycles. The van der Waals surface area contributed by atoms with Crippen LogP contribution >= 0.6 is 0 Å². The van der Waals surface area contributed by atoms with Crippen LogP contribution in [-0.2, 0) is 0 Å². The molecule has 1 aliphatic rings. The first-order valence-corrected chi connectivity index (χ1v) is 8.85. The van der Waals surface area contributed by atoms with Crippen molar-refractivity contribution in [1.29, 1.82) is 0 Å². The number of rotatable bonds is 2. The highest BCUT2D eigenvalue weighted by Crippen LogP contribution is 2.32. The molecule has 0 saturated carbocycles. The Bertz CT molecular complexity index is 1060. The Morgan fingerprint density at radius 3 is 3.04 bits per heavy atom. The highest BCUT2D eigenvalue weighted by atomic mass is 16.2. The van der Waals surface area contributed by atoms with E-state index in [1.54, 1.807) is 29.2 Å². The second kappa shape index (κ2) is 5.94. The van der Waals surface area contributed by atoms with Crippen LogP contribution in [0.4, 0.5) is 0 Å². The summed E-state index contributed by atoms with van der Waals surface area (Å²) in [6, 6.07) is 9.70. The van der Waals surface area contributed by atoms with Crippen molar-refractivity contribution in [2.75, 3.05) is 6.54 Å². The Morgan fingerprint density at radius 1 is 1.19 bits per heavy atom. The molecule has 1 fully saturated rings. The molecular weight excluding hydrogens is 328 g/mol. The Labute approximate surface area is 149 Å². The SMILES string of the molecule is O=C(c1cnn2cccnc12)N1CCCCC1c1nc2ccccc2[nH]1. The normalized spacial score (nSPS) is 17.8. The van der Waals surface area contributed by atoms with Crippen molar-refractivity contribution in [2.45, 2.75) is 25.3 Å². The number of nitrogens with one attached hydrogen (secondary N) is 1. The fraction of sp³-hybridized carbons (Fsp3) is 0.263. The summed E-state index contributed by atoms with van der Waals surface area (Å²) in [5.74, 6) is 0.813. The van der Waals surface area contributed by atoms with Crippen LogP contribution in [-0.4, -0.2) is 41.9 Å². The zero-order chi connectivity index (χ0) is 17.5. The molecule has 26 heavy (non-hydrogen) atoms. The molecule has 0 spiro atoms. The van der Waals surface area contributed by atoms with Gasteiger partial charge in [-0.25, -0.2) is 14.5 Å². The highest BCUT2D eigenvalue weighted by molar-refractivity contribution is 5.99. The van der Waals surface area contributed by atoms with E-state index in [0.717, 1.165) is 36.1 Å². The summed E-state index contributed by atoms with van der Waals surface area (Å²) in [5.41, 5.74) is 3.05. The van der Waals surface area contributed by atoms with Gasteiger partial charge >= 0.3 is 0 Å². The molecule has 5 rings (SSSR count). The first-order chi connectivity index (χ1) is 12.8. The number of fused-ring (bicyclic) bond motifs is 2. The molecule has 1 unspecified atom stereocenters. The molecule has 0 aliphatic carbocycles. The van der Waals surface area contributed by atoms with Crippen molar-refractivity contribution >= 4 is 22.6 Å². The van der Waals surface area contributed by atoms with Gasteiger partial charge in [-0.05, 0) is 37.5 Å². The van der Waals surface area contributed by atoms with Crippen LogP contribution in [0.25, 0.3) is 16.7 Å². The van der Waals surface area contributed by atoms with Gasteiger partial charge in [-0.3, -0.25) is 4.79 Å². The van der Waals surface area contributed by atoms with Gasteiger partial charge in [-0.15, -0.1) is 0 Å². The van der Waals surface area contributed by atoms with Crippen molar-refractivity contribution < 1.29 is 4.79 Å². The van der Waals surface area contributed by atoms with Crippen LogP contribution in [0.1, 0.15) is 41.5 Å². The molecular formula is C19H18N6O. The molecule has 4 heterocycles. The van der Waals surface area contributed by atoms with Crippen LogP contribution in [0.2, 0.25) is 0 Å². The Morgan fingerprint density at radius 2 is 2.12 bits per heavy atom. The van der Waals surface area contributed by atoms with Gasteiger partial charge in [0.1, 0.15) is 11.4 Å². The Hall–Kier alpha value is -3.22. The van der Waals surface area contributed by atoms with E-state index in [2.05, 4.69) is 15.1 Å². The number of imidazole rings is 1. The zero-order valence-corrected chi connectivity index (χ0v) is 14.2. The number of para-hydroxylation sites is 2. The molecule has 0 radical (unpaired) electrons. The third kappa shape index (κ3) is 2.35. The van der Waals surface area contributed by atoms with Crippen molar-refractivity contribution in [3.8, 4) is 0 Å². The maximum absolute atomic E-state index is 13.3. The summed E-state index contributed by atoms with van der Waals surface area (Å²) in [6.07, 6.45) is 8.06.